The maximum absolute atomic E-state index is 13.9. The summed E-state index contributed by atoms with van der Waals surface area (Å²) in [5.41, 5.74) is 1.21. The van der Waals surface area contributed by atoms with Gasteiger partial charge in [0.25, 0.3) is 5.91 Å². The molecule has 3 aromatic heterocycles. The van der Waals surface area contributed by atoms with E-state index in [1.54, 1.807) is 23.6 Å². The van der Waals surface area contributed by atoms with E-state index in [0.29, 0.717) is 24.5 Å². The molecule has 1 fully saturated rings. The quantitative estimate of drug-likeness (QED) is 0.594. The van der Waals surface area contributed by atoms with Crippen LogP contribution in [0.25, 0.3) is 11.5 Å². The van der Waals surface area contributed by atoms with Crippen LogP contribution >= 0.6 is 0 Å². The van der Waals surface area contributed by atoms with Crippen LogP contribution in [0.3, 0.4) is 0 Å². The first-order valence-electron chi connectivity index (χ1n) is 12.3. The Labute approximate surface area is 200 Å². The molecule has 1 atom stereocenters. The molecule has 4 heterocycles. The molecule has 178 valence electrons. The highest BCUT2D eigenvalue weighted by atomic mass is 16.3. The standard InChI is InChI=1S/C27H32N4O3/c1-27(26(33)29-21-10-5-3-2-4-6-11-21)19-30-22(24-12-8-16-34-24)13-14-23(30)25(32)31(27)18-20-9-7-15-28-17-20/h7-9,12-17,21H,2-6,10-11,18-19H2,1H3,(H,29,33). The lowest BCUT2D eigenvalue weighted by Crippen LogP contribution is -2.64. The van der Waals surface area contributed by atoms with Crippen molar-refractivity contribution in [3.63, 3.8) is 0 Å². The van der Waals surface area contributed by atoms with Crippen molar-refractivity contribution in [2.45, 2.75) is 76.5 Å². The van der Waals surface area contributed by atoms with E-state index >= 15 is 0 Å². The van der Waals surface area contributed by atoms with Crippen LogP contribution in [0, 0.1) is 0 Å². The maximum atomic E-state index is 13.9. The minimum absolute atomic E-state index is 0.0972. The molecule has 2 amide bonds. The van der Waals surface area contributed by atoms with Gasteiger partial charge in [0.15, 0.2) is 0 Å². The fourth-order valence-corrected chi connectivity index (χ4v) is 5.28. The molecular formula is C27H32N4O3. The van der Waals surface area contributed by atoms with Gasteiger partial charge in [0.1, 0.15) is 17.0 Å². The second-order valence-corrected chi connectivity index (χ2v) is 9.71. The van der Waals surface area contributed by atoms with Crippen LogP contribution in [0.4, 0.5) is 0 Å². The van der Waals surface area contributed by atoms with Crippen molar-refractivity contribution in [1.82, 2.24) is 19.8 Å². The van der Waals surface area contributed by atoms with Gasteiger partial charge in [0.2, 0.25) is 5.91 Å². The number of furan rings is 1. The number of carbonyl (C=O) groups is 2. The van der Waals surface area contributed by atoms with Crippen LogP contribution < -0.4 is 5.32 Å². The van der Waals surface area contributed by atoms with E-state index in [9.17, 15) is 9.59 Å². The van der Waals surface area contributed by atoms with Crippen LogP contribution in [-0.2, 0) is 17.9 Å². The third kappa shape index (κ3) is 4.27. The van der Waals surface area contributed by atoms with Gasteiger partial charge >= 0.3 is 0 Å². The molecule has 7 heteroatoms. The zero-order valence-electron chi connectivity index (χ0n) is 19.7. The van der Waals surface area contributed by atoms with Crippen molar-refractivity contribution in [3.8, 4) is 11.5 Å². The third-order valence-corrected chi connectivity index (χ3v) is 7.27. The molecule has 7 nitrogen and oxygen atoms in total. The molecule has 1 aliphatic carbocycles. The Morgan fingerprint density at radius 1 is 1.09 bits per heavy atom. The average molecular weight is 461 g/mol. The van der Waals surface area contributed by atoms with Crippen LogP contribution in [0.2, 0.25) is 0 Å². The van der Waals surface area contributed by atoms with Gasteiger partial charge in [-0.2, -0.15) is 0 Å². The Hall–Kier alpha value is -3.35. The fourth-order valence-electron chi connectivity index (χ4n) is 5.28. The van der Waals surface area contributed by atoms with Gasteiger partial charge in [0.05, 0.1) is 18.5 Å². The number of pyridine rings is 1. The molecule has 1 aliphatic heterocycles. The van der Waals surface area contributed by atoms with E-state index in [-0.39, 0.29) is 17.9 Å². The summed E-state index contributed by atoms with van der Waals surface area (Å²) in [7, 11) is 0. The first-order chi connectivity index (χ1) is 16.6. The number of nitrogens with one attached hydrogen (secondary N) is 1. The summed E-state index contributed by atoms with van der Waals surface area (Å²) in [5.74, 6) is 0.422. The Bertz CT molecular complexity index is 1130. The summed E-state index contributed by atoms with van der Waals surface area (Å²) >= 11 is 0. The van der Waals surface area contributed by atoms with Crippen molar-refractivity contribution in [2.24, 2.45) is 0 Å². The molecule has 2 aliphatic rings. The summed E-state index contributed by atoms with van der Waals surface area (Å²) in [6.07, 6.45) is 13.0. The van der Waals surface area contributed by atoms with E-state index in [4.69, 9.17) is 4.42 Å². The number of aromatic nitrogens is 2. The van der Waals surface area contributed by atoms with E-state index in [1.165, 1.54) is 19.3 Å². The normalized spacial score (nSPS) is 21.6. The molecule has 5 rings (SSSR count). The predicted molar refractivity (Wildman–Crippen MR) is 129 cm³/mol. The van der Waals surface area contributed by atoms with E-state index in [0.717, 1.165) is 36.9 Å². The first kappa shape index (κ1) is 22.4. The summed E-state index contributed by atoms with van der Waals surface area (Å²) in [6.45, 7) is 2.56. The largest absolute Gasteiger partial charge is 0.463 e. The summed E-state index contributed by atoms with van der Waals surface area (Å²) < 4.78 is 7.55. The van der Waals surface area contributed by atoms with Crippen LogP contribution in [0.5, 0.6) is 0 Å². The van der Waals surface area contributed by atoms with Gasteiger partial charge in [0, 0.05) is 25.0 Å². The van der Waals surface area contributed by atoms with Crippen molar-refractivity contribution in [3.05, 3.63) is 66.3 Å². The number of nitrogens with zero attached hydrogens (tertiary/aromatic N) is 3. The number of hydrogen-bond donors (Lipinski definition) is 1. The zero-order chi connectivity index (χ0) is 23.5. The molecule has 34 heavy (non-hydrogen) atoms. The van der Waals surface area contributed by atoms with Gasteiger partial charge < -0.3 is 19.2 Å². The molecular weight excluding hydrogens is 428 g/mol. The highest BCUT2D eigenvalue weighted by Gasteiger charge is 2.48. The number of fused-ring (bicyclic) bond motifs is 1. The molecule has 3 aromatic rings. The van der Waals surface area contributed by atoms with Gasteiger partial charge in [-0.1, -0.05) is 38.2 Å². The summed E-state index contributed by atoms with van der Waals surface area (Å²) in [4.78, 5) is 33.6. The highest BCUT2D eigenvalue weighted by molar-refractivity contribution is 6.00. The minimum atomic E-state index is -1.05. The van der Waals surface area contributed by atoms with E-state index in [1.807, 2.05) is 47.9 Å². The SMILES string of the molecule is CC1(C(=O)NC2CCCCCCC2)Cn2c(ccc2-c2ccco2)C(=O)N1Cc1cccnc1. The fraction of sp³-hybridized carbons (Fsp3) is 0.444. The average Bonchev–Trinajstić information content (AvgIpc) is 3.49. The lowest BCUT2D eigenvalue weighted by atomic mass is 9.91. The van der Waals surface area contributed by atoms with Crippen molar-refractivity contribution >= 4 is 11.8 Å². The van der Waals surface area contributed by atoms with Gasteiger partial charge in [-0.15, -0.1) is 0 Å². The Morgan fingerprint density at radius 2 is 1.85 bits per heavy atom. The highest BCUT2D eigenvalue weighted by Crippen LogP contribution is 2.34. The molecule has 0 spiro atoms. The Morgan fingerprint density at radius 3 is 2.56 bits per heavy atom. The minimum Gasteiger partial charge on any atom is -0.463 e. The number of hydrogen-bond acceptors (Lipinski definition) is 4. The second kappa shape index (κ2) is 9.49. The van der Waals surface area contributed by atoms with Crippen molar-refractivity contribution in [1.29, 1.82) is 0 Å². The molecule has 0 bridgehead atoms. The van der Waals surface area contributed by atoms with Crippen LogP contribution in [0.15, 0.2) is 59.5 Å². The number of rotatable bonds is 5. The number of amides is 2. The van der Waals surface area contributed by atoms with E-state index in [2.05, 4.69) is 10.3 Å². The lowest BCUT2D eigenvalue weighted by molar-refractivity contribution is -0.134. The van der Waals surface area contributed by atoms with Gasteiger partial charge in [-0.25, -0.2) is 0 Å². The first-order valence-corrected chi connectivity index (χ1v) is 12.3. The van der Waals surface area contributed by atoms with Gasteiger partial charge in [-0.3, -0.25) is 14.6 Å². The monoisotopic (exact) mass is 460 g/mol. The van der Waals surface area contributed by atoms with Crippen molar-refractivity contribution < 1.29 is 14.0 Å². The third-order valence-electron chi connectivity index (χ3n) is 7.27. The number of carbonyl (C=O) groups excluding carboxylic acids is 2. The molecule has 1 N–H and O–H groups in total. The molecule has 0 radical (unpaired) electrons. The lowest BCUT2D eigenvalue weighted by Gasteiger charge is -2.45. The topological polar surface area (TPSA) is 80.4 Å². The Balaban J connectivity index is 1.49. The molecule has 0 aromatic carbocycles. The summed E-state index contributed by atoms with van der Waals surface area (Å²) in [5, 5.41) is 3.33. The molecule has 1 unspecified atom stereocenters. The maximum Gasteiger partial charge on any atom is 0.271 e. The second-order valence-electron chi connectivity index (χ2n) is 9.71. The summed E-state index contributed by atoms with van der Waals surface area (Å²) in [6, 6.07) is 11.4. The molecule has 0 saturated heterocycles. The predicted octanol–water partition coefficient (Wildman–Crippen LogP) is 4.79. The molecule has 1 saturated carbocycles. The Kier molecular flexibility index (Phi) is 6.26. The van der Waals surface area contributed by atoms with Crippen LogP contribution in [-0.4, -0.2) is 37.8 Å². The van der Waals surface area contributed by atoms with Gasteiger partial charge in [-0.05, 0) is 55.7 Å². The van der Waals surface area contributed by atoms with Crippen molar-refractivity contribution in [2.75, 3.05) is 0 Å². The zero-order valence-corrected chi connectivity index (χ0v) is 19.7. The smallest absolute Gasteiger partial charge is 0.271 e. The van der Waals surface area contributed by atoms with Crippen LogP contribution in [0.1, 0.15) is 67.9 Å². The van der Waals surface area contributed by atoms with E-state index < -0.39 is 5.54 Å².